The summed E-state index contributed by atoms with van der Waals surface area (Å²) in [6, 6.07) is -0.325. The van der Waals surface area contributed by atoms with Gasteiger partial charge in [0.1, 0.15) is 0 Å². The van der Waals surface area contributed by atoms with E-state index in [4.69, 9.17) is 5.73 Å². The fourth-order valence-corrected chi connectivity index (χ4v) is 4.41. The van der Waals surface area contributed by atoms with Crippen LogP contribution in [0.5, 0.6) is 0 Å². The standard InChI is InChI=1S/C25H49N3O2/c1-4-5-6-7-8-9-10-11-12-13-17-24(29)28-18-15-14-16-22(28)20-27-25(30)23(26)19-21(2)3/h21-23H,4-20,26H2,1-3H3,(H,27,30). The molecule has 1 rings (SSSR count). The average Bonchev–Trinajstić information content (AvgIpc) is 2.72. The number of unbranched alkanes of at least 4 members (excludes halogenated alkanes) is 9. The highest BCUT2D eigenvalue weighted by atomic mass is 16.2. The number of carbonyl (C=O) groups is 2. The number of hydrogen-bond donors (Lipinski definition) is 2. The van der Waals surface area contributed by atoms with Gasteiger partial charge in [-0.3, -0.25) is 9.59 Å². The van der Waals surface area contributed by atoms with Gasteiger partial charge in [-0.1, -0.05) is 78.6 Å². The quantitative estimate of drug-likeness (QED) is 0.336. The van der Waals surface area contributed by atoms with Crippen LogP contribution >= 0.6 is 0 Å². The molecule has 0 aromatic carbocycles. The Morgan fingerprint density at radius 2 is 1.57 bits per heavy atom. The zero-order chi connectivity index (χ0) is 22.2. The molecule has 176 valence electrons. The number of nitrogens with one attached hydrogen (secondary N) is 1. The molecule has 2 unspecified atom stereocenters. The van der Waals surface area contributed by atoms with Crippen molar-refractivity contribution >= 4 is 11.8 Å². The normalized spacial score (nSPS) is 17.9. The van der Waals surface area contributed by atoms with Gasteiger partial charge in [-0.2, -0.15) is 0 Å². The van der Waals surface area contributed by atoms with Crippen LogP contribution in [0.15, 0.2) is 0 Å². The number of nitrogens with two attached hydrogens (primary N) is 1. The van der Waals surface area contributed by atoms with Crippen LogP contribution in [-0.2, 0) is 9.59 Å². The van der Waals surface area contributed by atoms with Crippen molar-refractivity contribution in [2.75, 3.05) is 13.1 Å². The zero-order valence-corrected chi connectivity index (χ0v) is 20.1. The van der Waals surface area contributed by atoms with Crippen LogP contribution in [0, 0.1) is 5.92 Å². The molecular weight excluding hydrogens is 374 g/mol. The van der Waals surface area contributed by atoms with Gasteiger partial charge in [-0.25, -0.2) is 0 Å². The van der Waals surface area contributed by atoms with Crippen LogP contribution in [0.3, 0.4) is 0 Å². The van der Waals surface area contributed by atoms with Gasteiger partial charge >= 0.3 is 0 Å². The predicted octanol–water partition coefficient (Wildman–Crippen LogP) is 5.17. The van der Waals surface area contributed by atoms with E-state index in [1.165, 1.54) is 51.4 Å². The van der Waals surface area contributed by atoms with Gasteiger partial charge in [-0.05, 0) is 38.0 Å². The van der Waals surface area contributed by atoms with Gasteiger partial charge in [0, 0.05) is 25.6 Å². The van der Waals surface area contributed by atoms with Crippen molar-refractivity contribution in [3.8, 4) is 0 Å². The second kappa shape index (κ2) is 16.6. The number of carbonyl (C=O) groups excluding carboxylic acids is 2. The molecule has 0 aromatic heterocycles. The minimum Gasteiger partial charge on any atom is -0.353 e. The van der Waals surface area contributed by atoms with Gasteiger partial charge in [-0.15, -0.1) is 0 Å². The minimum absolute atomic E-state index is 0.0867. The van der Waals surface area contributed by atoms with E-state index in [-0.39, 0.29) is 17.9 Å². The van der Waals surface area contributed by atoms with E-state index in [0.717, 1.165) is 38.6 Å². The van der Waals surface area contributed by atoms with Crippen molar-refractivity contribution in [3.05, 3.63) is 0 Å². The number of hydrogen-bond acceptors (Lipinski definition) is 3. The lowest BCUT2D eigenvalue weighted by atomic mass is 10.00. The predicted molar refractivity (Wildman–Crippen MR) is 126 cm³/mol. The molecule has 3 N–H and O–H groups in total. The van der Waals surface area contributed by atoms with Gasteiger partial charge in [0.05, 0.1) is 6.04 Å². The number of nitrogens with zero attached hydrogens (tertiary/aromatic N) is 1. The van der Waals surface area contributed by atoms with Crippen LogP contribution in [0.2, 0.25) is 0 Å². The van der Waals surface area contributed by atoms with E-state index in [1.807, 2.05) is 4.90 Å². The Balaban J connectivity index is 2.21. The van der Waals surface area contributed by atoms with Crippen molar-refractivity contribution in [3.63, 3.8) is 0 Å². The second-order valence-electron chi connectivity index (χ2n) is 9.65. The van der Waals surface area contributed by atoms with Crippen molar-refractivity contribution in [2.24, 2.45) is 11.7 Å². The van der Waals surface area contributed by atoms with Crippen molar-refractivity contribution in [1.82, 2.24) is 10.2 Å². The molecule has 1 saturated heterocycles. The van der Waals surface area contributed by atoms with Crippen molar-refractivity contribution in [1.29, 1.82) is 0 Å². The zero-order valence-electron chi connectivity index (χ0n) is 20.1. The highest BCUT2D eigenvalue weighted by molar-refractivity contribution is 5.81. The lowest BCUT2D eigenvalue weighted by molar-refractivity contribution is -0.135. The molecule has 0 radical (unpaired) electrons. The summed E-state index contributed by atoms with van der Waals surface area (Å²) in [5, 5.41) is 2.99. The highest BCUT2D eigenvalue weighted by Gasteiger charge is 2.27. The molecule has 1 aliphatic rings. The Kier molecular flexibility index (Phi) is 14.9. The molecule has 0 spiro atoms. The molecule has 2 atom stereocenters. The molecule has 0 aliphatic carbocycles. The highest BCUT2D eigenvalue weighted by Crippen LogP contribution is 2.19. The van der Waals surface area contributed by atoms with Crippen LogP contribution in [-0.4, -0.2) is 41.9 Å². The summed E-state index contributed by atoms with van der Waals surface area (Å²) in [6.45, 7) is 7.76. The molecule has 0 bridgehead atoms. The van der Waals surface area contributed by atoms with E-state index in [2.05, 4.69) is 26.1 Å². The van der Waals surface area contributed by atoms with E-state index >= 15 is 0 Å². The molecule has 1 fully saturated rings. The summed E-state index contributed by atoms with van der Waals surface area (Å²) < 4.78 is 0. The maximum Gasteiger partial charge on any atom is 0.236 e. The maximum atomic E-state index is 12.8. The molecule has 5 heteroatoms. The van der Waals surface area contributed by atoms with Crippen LogP contribution < -0.4 is 11.1 Å². The van der Waals surface area contributed by atoms with Crippen molar-refractivity contribution < 1.29 is 9.59 Å². The third-order valence-electron chi connectivity index (χ3n) is 6.27. The molecular formula is C25H49N3O2. The van der Waals surface area contributed by atoms with E-state index in [1.54, 1.807) is 0 Å². The van der Waals surface area contributed by atoms with Crippen LogP contribution in [0.25, 0.3) is 0 Å². The molecule has 0 aromatic rings. The molecule has 0 saturated carbocycles. The minimum atomic E-state index is -0.454. The van der Waals surface area contributed by atoms with E-state index in [9.17, 15) is 9.59 Å². The SMILES string of the molecule is CCCCCCCCCCCCC(=O)N1CCCCC1CNC(=O)C(N)CC(C)C. The monoisotopic (exact) mass is 423 g/mol. The number of likely N-dealkylation sites (tertiary alicyclic amines) is 1. The third kappa shape index (κ3) is 11.9. The molecule has 2 amide bonds. The number of piperidine rings is 1. The van der Waals surface area contributed by atoms with Gasteiger partial charge in [0.2, 0.25) is 11.8 Å². The summed E-state index contributed by atoms with van der Waals surface area (Å²) in [6.07, 6.45) is 17.3. The summed E-state index contributed by atoms with van der Waals surface area (Å²) in [5.41, 5.74) is 5.98. The largest absolute Gasteiger partial charge is 0.353 e. The van der Waals surface area contributed by atoms with Gasteiger partial charge < -0.3 is 16.0 Å². The van der Waals surface area contributed by atoms with Gasteiger partial charge in [0.25, 0.3) is 0 Å². The Hall–Kier alpha value is -1.10. The number of amides is 2. The first-order valence-corrected chi connectivity index (χ1v) is 12.8. The van der Waals surface area contributed by atoms with Gasteiger partial charge in [0.15, 0.2) is 0 Å². The van der Waals surface area contributed by atoms with Crippen molar-refractivity contribution in [2.45, 2.75) is 129 Å². The van der Waals surface area contributed by atoms with Crippen LogP contribution in [0.4, 0.5) is 0 Å². The Morgan fingerprint density at radius 1 is 0.967 bits per heavy atom. The second-order valence-corrected chi connectivity index (χ2v) is 9.65. The average molecular weight is 424 g/mol. The Labute approximate surface area is 185 Å². The first-order valence-electron chi connectivity index (χ1n) is 12.8. The molecule has 5 nitrogen and oxygen atoms in total. The first kappa shape index (κ1) is 26.9. The lowest BCUT2D eigenvalue weighted by Gasteiger charge is -2.36. The Bertz CT molecular complexity index is 467. The fraction of sp³-hybridized carbons (Fsp3) is 0.920. The summed E-state index contributed by atoms with van der Waals surface area (Å²) in [5.74, 6) is 0.580. The number of rotatable bonds is 16. The van der Waals surface area contributed by atoms with E-state index in [0.29, 0.717) is 25.3 Å². The van der Waals surface area contributed by atoms with E-state index < -0.39 is 6.04 Å². The Morgan fingerprint density at radius 3 is 2.17 bits per heavy atom. The summed E-state index contributed by atoms with van der Waals surface area (Å²) in [4.78, 5) is 27.0. The smallest absolute Gasteiger partial charge is 0.236 e. The lowest BCUT2D eigenvalue weighted by Crippen LogP contribution is -2.51. The topological polar surface area (TPSA) is 75.4 Å². The fourth-order valence-electron chi connectivity index (χ4n) is 4.41. The molecule has 1 aliphatic heterocycles. The first-order chi connectivity index (χ1) is 14.5. The molecule has 30 heavy (non-hydrogen) atoms. The summed E-state index contributed by atoms with van der Waals surface area (Å²) >= 11 is 0. The third-order valence-corrected chi connectivity index (χ3v) is 6.27. The maximum absolute atomic E-state index is 12.8. The van der Waals surface area contributed by atoms with Crippen LogP contribution in [0.1, 0.15) is 117 Å². The molecule has 1 heterocycles. The summed E-state index contributed by atoms with van der Waals surface area (Å²) in [7, 11) is 0.